The molecule has 0 bridgehead atoms. The SMILES string of the molecule is CC1(C)c2ccccc2-c2ccc(N(c3ccc(-c4ccccc4)cc3)c3ccc(-c4ccc5sc6ccccc6c5c4-c4ccccc4-c4ccccc4)cc3)cc21. The second kappa shape index (κ2) is 14.1. The van der Waals surface area contributed by atoms with Crippen LogP contribution in [0.5, 0.6) is 0 Å². The summed E-state index contributed by atoms with van der Waals surface area (Å²) < 4.78 is 2.61. The van der Waals surface area contributed by atoms with Crippen molar-refractivity contribution < 1.29 is 0 Å². The predicted molar refractivity (Wildman–Crippen MR) is 253 cm³/mol. The molecule has 0 saturated heterocycles. The molecule has 0 amide bonds. The second-order valence-electron chi connectivity index (χ2n) is 16.1. The van der Waals surface area contributed by atoms with Gasteiger partial charge in [0.2, 0.25) is 0 Å². The van der Waals surface area contributed by atoms with Gasteiger partial charge >= 0.3 is 0 Å². The lowest BCUT2D eigenvalue weighted by Gasteiger charge is -2.28. The van der Waals surface area contributed by atoms with Crippen molar-refractivity contribution in [2.75, 3.05) is 4.90 Å². The Kier molecular flexibility index (Phi) is 8.43. The van der Waals surface area contributed by atoms with Crippen LogP contribution in [0.25, 0.3) is 75.8 Å². The number of fused-ring (bicyclic) bond motifs is 6. The quantitative estimate of drug-likeness (QED) is 0.156. The van der Waals surface area contributed by atoms with E-state index in [1.165, 1.54) is 86.9 Å². The van der Waals surface area contributed by atoms with E-state index in [1.54, 1.807) is 0 Å². The first-order valence-corrected chi connectivity index (χ1v) is 21.2. The van der Waals surface area contributed by atoms with Crippen LogP contribution in [-0.2, 0) is 5.41 Å². The first-order valence-electron chi connectivity index (χ1n) is 20.4. The monoisotopic (exact) mass is 771 g/mol. The van der Waals surface area contributed by atoms with Crippen LogP contribution in [0.1, 0.15) is 25.0 Å². The average Bonchev–Trinajstić information content (AvgIpc) is 3.79. The molecule has 9 aromatic carbocycles. The molecule has 1 nitrogen and oxygen atoms in total. The molecule has 0 aliphatic heterocycles. The lowest BCUT2D eigenvalue weighted by Crippen LogP contribution is -2.16. The van der Waals surface area contributed by atoms with Crippen molar-refractivity contribution >= 4 is 48.6 Å². The molecule has 0 radical (unpaired) electrons. The topological polar surface area (TPSA) is 3.24 Å². The zero-order valence-corrected chi connectivity index (χ0v) is 33.9. The normalized spacial score (nSPS) is 12.7. The van der Waals surface area contributed by atoms with Crippen LogP contribution in [0.15, 0.2) is 212 Å². The molecule has 0 N–H and O–H groups in total. The summed E-state index contributed by atoms with van der Waals surface area (Å²) in [6, 6.07) is 78.0. The summed E-state index contributed by atoms with van der Waals surface area (Å²) >= 11 is 1.87. The van der Waals surface area contributed by atoms with Crippen LogP contribution >= 0.6 is 11.3 Å². The van der Waals surface area contributed by atoms with Gasteiger partial charge in [0.15, 0.2) is 0 Å². The first-order chi connectivity index (χ1) is 29.0. The van der Waals surface area contributed by atoms with Crippen molar-refractivity contribution in [3.63, 3.8) is 0 Å². The molecule has 0 spiro atoms. The van der Waals surface area contributed by atoms with E-state index in [1.807, 2.05) is 11.3 Å². The number of hydrogen-bond acceptors (Lipinski definition) is 2. The van der Waals surface area contributed by atoms with E-state index in [9.17, 15) is 0 Å². The van der Waals surface area contributed by atoms with E-state index in [0.717, 1.165) is 17.1 Å². The van der Waals surface area contributed by atoms with Crippen molar-refractivity contribution in [1.82, 2.24) is 0 Å². The zero-order chi connectivity index (χ0) is 39.5. The predicted octanol–water partition coefficient (Wildman–Crippen LogP) is 16.5. The molecule has 2 heteroatoms. The van der Waals surface area contributed by atoms with Crippen LogP contribution < -0.4 is 4.90 Å². The smallest absolute Gasteiger partial charge is 0.0465 e. The zero-order valence-electron chi connectivity index (χ0n) is 33.1. The molecule has 1 heterocycles. The van der Waals surface area contributed by atoms with Gasteiger partial charge in [0.25, 0.3) is 0 Å². The molecule has 0 unspecified atom stereocenters. The number of hydrogen-bond donors (Lipinski definition) is 0. The molecule has 11 rings (SSSR count). The van der Waals surface area contributed by atoms with Gasteiger partial charge in [-0.05, 0) is 115 Å². The fourth-order valence-electron chi connectivity index (χ4n) is 9.41. The van der Waals surface area contributed by atoms with Crippen LogP contribution in [0.4, 0.5) is 17.1 Å². The minimum atomic E-state index is -0.106. The minimum Gasteiger partial charge on any atom is -0.310 e. The third-order valence-corrected chi connectivity index (χ3v) is 13.5. The van der Waals surface area contributed by atoms with E-state index in [2.05, 4.69) is 231 Å². The van der Waals surface area contributed by atoms with E-state index in [4.69, 9.17) is 0 Å². The molecular weight excluding hydrogens is 731 g/mol. The largest absolute Gasteiger partial charge is 0.310 e. The molecule has 1 aliphatic carbocycles. The Bertz CT molecular complexity index is 3160. The van der Waals surface area contributed by atoms with E-state index in [-0.39, 0.29) is 5.41 Å². The highest BCUT2D eigenvalue weighted by molar-refractivity contribution is 7.26. The second-order valence-corrected chi connectivity index (χ2v) is 17.2. The van der Waals surface area contributed by atoms with Gasteiger partial charge in [-0.25, -0.2) is 0 Å². The maximum atomic E-state index is 2.42. The molecule has 0 atom stereocenters. The Morgan fingerprint density at radius 2 is 0.864 bits per heavy atom. The van der Waals surface area contributed by atoms with Crippen LogP contribution in [0, 0.1) is 0 Å². The number of nitrogens with zero attached hydrogens (tertiary/aromatic N) is 1. The summed E-state index contributed by atoms with van der Waals surface area (Å²) in [4.78, 5) is 2.42. The maximum Gasteiger partial charge on any atom is 0.0465 e. The molecule has 0 saturated carbocycles. The minimum absolute atomic E-state index is 0.106. The van der Waals surface area contributed by atoms with Crippen molar-refractivity contribution in [2.45, 2.75) is 19.3 Å². The first kappa shape index (κ1) is 35.2. The third kappa shape index (κ3) is 5.91. The van der Waals surface area contributed by atoms with Gasteiger partial charge in [-0.2, -0.15) is 0 Å². The third-order valence-electron chi connectivity index (χ3n) is 12.3. The number of benzene rings is 9. The lowest BCUT2D eigenvalue weighted by atomic mass is 9.82. The van der Waals surface area contributed by atoms with Gasteiger partial charge in [0.1, 0.15) is 0 Å². The molecule has 59 heavy (non-hydrogen) atoms. The summed E-state index contributed by atoms with van der Waals surface area (Å²) in [6.45, 7) is 4.71. The maximum absolute atomic E-state index is 2.42. The summed E-state index contributed by atoms with van der Waals surface area (Å²) in [5, 5.41) is 2.62. The summed E-state index contributed by atoms with van der Waals surface area (Å²) in [7, 11) is 0. The number of rotatable bonds is 7. The van der Waals surface area contributed by atoms with Gasteiger partial charge < -0.3 is 4.90 Å². The van der Waals surface area contributed by atoms with Crippen molar-refractivity contribution in [3.05, 3.63) is 223 Å². The molecule has 280 valence electrons. The Hall–Kier alpha value is -7.00. The van der Waals surface area contributed by atoms with Crippen molar-refractivity contribution in [2.24, 2.45) is 0 Å². The van der Waals surface area contributed by atoms with Gasteiger partial charge in [0, 0.05) is 42.6 Å². The van der Waals surface area contributed by atoms with Crippen LogP contribution in [0.3, 0.4) is 0 Å². The highest BCUT2D eigenvalue weighted by atomic mass is 32.1. The van der Waals surface area contributed by atoms with E-state index >= 15 is 0 Å². The molecular formula is C57H41NS. The molecule has 10 aromatic rings. The Labute approximate surface area is 350 Å². The van der Waals surface area contributed by atoms with E-state index < -0.39 is 0 Å². The Morgan fingerprint density at radius 1 is 0.356 bits per heavy atom. The van der Waals surface area contributed by atoms with Gasteiger partial charge in [-0.1, -0.05) is 178 Å². The summed E-state index contributed by atoms with van der Waals surface area (Å²) in [5.74, 6) is 0. The summed E-state index contributed by atoms with van der Waals surface area (Å²) in [5.41, 5.74) is 18.5. The highest BCUT2D eigenvalue weighted by Gasteiger charge is 2.35. The van der Waals surface area contributed by atoms with E-state index in [0.29, 0.717) is 0 Å². The fourth-order valence-corrected chi connectivity index (χ4v) is 10.5. The fraction of sp³-hybridized carbons (Fsp3) is 0.0526. The number of anilines is 3. The van der Waals surface area contributed by atoms with Crippen molar-refractivity contribution in [1.29, 1.82) is 0 Å². The molecule has 1 aliphatic rings. The van der Waals surface area contributed by atoms with Crippen molar-refractivity contribution in [3.8, 4) is 55.6 Å². The Balaban J connectivity index is 1.08. The van der Waals surface area contributed by atoms with Gasteiger partial charge in [-0.15, -0.1) is 11.3 Å². The van der Waals surface area contributed by atoms with Gasteiger partial charge in [0.05, 0.1) is 0 Å². The van der Waals surface area contributed by atoms with Crippen LogP contribution in [-0.4, -0.2) is 0 Å². The number of thiophene rings is 1. The lowest BCUT2D eigenvalue weighted by molar-refractivity contribution is 0.660. The Morgan fingerprint density at radius 3 is 1.59 bits per heavy atom. The average molecular weight is 772 g/mol. The molecule has 0 fully saturated rings. The van der Waals surface area contributed by atoms with Gasteiger partial charge in [-0.3, -0.25) is 0 Å². The van der Waals surface area contributed by atoms with Crippen LogP contribution in [0.2, 0.25) is 0 Å². The molecule has 1 aromatic heterocycles. The highest BCUT2D eigenvalue weighted by Crippen LogP contribution is 2.51. The summed E-state index contributed by atoms with van der Waals surface area (Å²) in [6.07, 6.45) is 0. The standard InChI is InChI=1S/C57H41NS/c1-57(2)51-23-13-11-20-47(51)48-34-33-44(37-52(48)57)58(42-29-25-39(26-30-42)38-15-5-3-6-16-38)43-31-27-41(28-32-43)46-35-36-54-56(50-22-12-14-24-53(50)59-54)55(46)49-21-10-9-19-45(49)40-17-7-4-8-18-40/h3-37H,1-2H3.